The van der Waals surface area contributed by atoms with Gasteiger partial charge in [-0.25, -0.2) is 0 Å². The van der Waals surface area contributed by atoms with Gasteiger partial charge in [0, 0.05) is 26.2 Å². The number of piperazine rings is 1. The molecular weight excluding hydrogens is 196 g/mol. The van der Waals surface area contributed by atoms with E-state index in [1.165, 1.54) is 25.7 Å². The fourth-order valence-corrected chi connectivity index (χ4v) is 2.28. The maximum Gasteiger partial charge on any atom is 0.00772 e. The van der Waals surface area contributed by atoms with Crippen LogP contribution >= 0.6 is 0 Å². The van der Waals surface area contributed by atoms with Gasteiger partial charge in [-0.2, -0.15) is 0 Å². The van der Waals surface area contributed by atoms with Gasteiger partial charge in [-0.05, 0) is 36.8 Å². The molecule has 0 unspecified atom stereocenters. The monoisotopic (exact) mass is 218 g/mol. The van der Waals surface area contributed by atoms with E-state index in [-0.39, 0.29) is 0 Å². The number of rotatable bonds is 0. The first-order chi connectivity index (χ1) is 7.97. The molecule has 1 aliphatic heterocycles. The van der Waals surface area contributed by atoms with Gasteiger partial charge in [0.15, 0.2) is 0 Å². The van der Waals surface area contributed by atoms with E-state index in [1.807, 2.05) is 0 Å². The average Bonchev–Trinajstić information content (AvgIpc) is 2.42. The molecule has 0 bridgehead atoms. The summed E-state index contributed by atoms with van der Waals surface area (Å²) in [5.41, 5.74) is 3.16. The lowest BCUT2D eigenvalue weighted by Crippen LogP contribution is -2.39. The molecule has 0 amide bonds. The van der Waals surface area contributed by atoms with E-state index < -0.39 is 0 Å². The van der Waals surface area contributed by atoms with Crippen LogP contribution in [-0.2, 0) is 12.8 Å². The highest BCUT2D eigenvalue weighted by Crippen LogP contribution is 2.19. The van der Waals surface area contributed by atoms with Crippen LogP contribution in [0.25, 0.3) is 0 Å². The Labute approximate surface area is 98.4 Å². The zero-order valence-electron chi connectivity index (χ0n) is 9.97. The molecule has 88 valence electrons. The Hall–Kier alpha value is -0.860. The summed E-state index contributed by atoms with van der Waals surface area (Å²) in [4.78, 5) is 0. The smallest absolute Gasteiger partial charge is 0.00772 e. The van der Waals surface area contributed by atoms with Crippen molar-refractivity contribution >= 4 is 0 Å². The molecule has 3 rings (SSSR count). The lowest BCUT2D eigenvalue weighted by Gasteiger charge is -2.13. The van der Waals surface area contributed by atoms with Crippen LogP contribution < -0.4 is 10.6 Å². The molecule has 16 heavy (non-hydrogen) atoms. The Morgan fingerprint density at radius 2 is 1.12 bits per heavy atom. The zero-order valence-corrected chi connectivity index (χ0v) is 9.97. The minimum Gasteiger partial charge on any atom is -0.314 e. The van der Waals surface area contributed by atoms with E-state index in [0.717, 1.165) is 26.2 Å². The molecule has 2 nitrogen and oxygen atoms in total. The zero-order chi connectivity index (χ0) is 11.1. The Kier molecular flexibility index (Phi) is 4.84. The van der Waals surface area contributed by atoms with E-state index in [9.17, 15) is 0 Å². The van der Waals surface area contributed by atoms with Crippen molar-refractivity contribution in [3.05, 3.63) is 35.4 Å². The second-order valence-electron chi connectivity index (χ2n) is 4.48. The maximum atomic E-state index is 3.22. The molecular formula is C14H22N2. The highest BCUT2D eigenvalue weighted by atomic mass is 15.0. The second kappa shape index (κ2) is 6.66. The summed E-state index contributed by atoms with van der Waals surface area (Å²) < 4.78 is 0. The van der Waals surface area contributed by atoms with Gasteiger partial charge in [0.2, 0.25) is 0 Å². The fraction of sp³-hybridized carbons (Fsp3) is 0.571. The summed E-state index contributed by atoms with van der Waals surface area (Å²) in [7, 11) is 0. The fourth-order valence-electron chi connectivity index (χ4n) is 2.28. The van der Waals surface area contributed by atoms with Crippen molar-refractivity contribution in [3.63, 3.8) is 0 Å². The number of fused-ring (bicyclic) bond motifs is 1. The summed E-state index contributed by atoms with van der Waals surface area (Å²) in [6, 6.07) is 8.80. The number of hydrogen-bond acceptors (Lipinski definition) is 2. The molecule has 2 N–H and O–H groups in total. The first kappa shape index (κ1) is 11.6. The predicted octanol–water partition coefficient (Wildman–Crippen LogP) is 1.74. The van der Waals surface area contributed by atoms with Crippen LogP contribution in [0.4, 0.5) is 0 Å². The van der Waals surface area contributed by atoms with Crippen LogP contribution in [0, 0.1) is 0 Å². The van der Waals surface area contributed by atoms with Gasteiger partial charge in [0.25, 0.3) is 0 Å². The van der Waals surface area contributed by atoms with Gasteiger partial charge in [0.1, 0.15) is 0 Å². The van der Waals surface area contributed by atoms with Gasteiger partial charge >= 0.3 is 0 Å². The summed E-state index contributed by atoms with van der Waals surface area (Å²) in [6.07, 6.45) is 5.38. The molecule has 1 heterocycles. The van der Waals surface area contributed by atoms with Gasteiger partial charge in [-0.1, -0.05) is 24.3 Å². The van der Waals surface area contributed by atoms with Gasteiger partial charge in [-0.3, -0.25) is 0 Å². The molecule has 0 radical (unpaired) electrons. The third-order valence-corrected chi connectivity index (χ3v) is 3.22. The second-order valence-corrected chi connectivity index (χ2v) is 4.48. The van der Waals surface area contributed by atoms with Crippen LogP contribution in [0.5, 0.6) is 0 Å². The van der Waals surface area contributed by atoms with Crippen LogP contribution in [0.2, 0.25) is 0 Å². The highest BCUT2D eigenvalue weighted by Gasteiger charge is 2.05. The van der Waals surface area contributed by atoms with Crippen molar-refractivity contribution in [2.24, 2.45) is 0 Å². The number of benzene rings is 1. The van der Waals surface area contributed by atoms with Crippen molar-refractivity contribution in [2.45, 2.75) is 25.7 Å². The minimum atomic E-state index is 1.14. The Morgan fingerprint density at radius 1 is 0.688 bits per heavy atom. The first-order valence-electron chi connectivity index (χ1n) is 6.45. The molecule has 0 aromatic heterocycles. The van der Waals surface area contributed by atoms with Crippen molar-refractivity contribution in [1.82, 2.24) is 10.6 Å². The minimum absolute atomic E-state index is 1.14. The lowest BCUT2D eigenvalue weighted by atomic mass is 9.92. The maximum absolute atomic E-state index is 3.22. The van der Waals surface area contributed by atoms with E-state index >= 15 is 0 Å². The van der Waals surface area contributed by atoms with E-state index in [0.29, 0.717) is 0 Å². The Morgan fingerprint density at radius 3 is 1.50 bits per heavy atom. The quantitative estimate of drug-likeness (QED) is 0.693. The van der Waals surface area contributed by atoms with E-state index in [2.05, 4.69) is 34.9 Å². The molecule has 0 saturated carbocycles. The topological polar surface area (TPSA) is 24.1 Å². The summed E-state index contributed by atoms with van der Waals surface area (Å²) in [5.74, 6) is 0. The van der Waals surface area contributed by atoms with Crippen molar-refractivity contribution < 1.29 is 0 Å². The van der Waals surface area contributed by atoms with Crippen molar-refractivity contribution in [2.75, 3.05) is 26.2 Å². The molecule has 1 aromatic carbocycles. The average molecular weight is 218 g/mol. The molecule has 0 atom stereocenters. The Balaban J connectivity index is 0.000000138. The van der Waals surface area contributed by atoms with E-state index in [1.54, 1.807) is 11.1 Å². The normalized spacial score (nSPS) is 19.2. The SMILES string of the molecule is C1CNCCN1.c1ccc2c(c1)CCCC2. The summed E-state index contributed by atoms with van der Waals surface area (Å²) >= 11 is 0. The van der Waals surface area contributed by atoms with Crippen LogP contribution in [0.1, 0.15) is 24.0 Å². The van der Waals surface area contributed by atoms with Crippen molar-refractivity contribution in [3.8, 4) is 0 Å². The number of nitrogens with one attached hydrogen (secondary N) is 2. The number of hydrogen-bond donors (Lipinski definition) is 2. The third kappa shape index (κ3) is 3.62. The van der Waals surface area contributed by atoms with Crippen LogP contribution in [0.3, 0.4) is 0 Å². The molecule has 0 spiro atoms. The van der Waals surface area contributed by atoms with Gasteiger partial charge in [-0.15, -0.1) is 0 Å². The van der Waals surface area contributed by atoms with E-state index in [4.69, 9.17) is 0 Å². The Bertz CT molecular complexity index is 269. The first-order valence-corrected chi connectivity index (χ1v) is 6.45. The molecule has 1 fully saturated rings. The van der Waals surface area contributed by atoms with Crippen molar-refractivity contribution in [1.29, 1.82) is 0 Å². The van der Waals surface area contributed by atoms with Gasteiger partial charge < -0.3 is 10.6 Å². The molecule has 2 heteroatoms. The van der Waals surface area contributed by atoms with Gasteiger partial charge in [0.05, 0.1) is 0 Å². The van der Waals surface area contributed by atoms with Crippen LogP contribution in [0.15, 0.2) is 24.3 Å². The predicted molar refractivity (Wildman–Crippen MR) is 68.8 cm³/mol. The largest absolute Gasteiger partial charge is 0.314 e. The molecule has 1 aliphatic carbocycles. The highest BCUT2D eigenvalue weighted by molar-refractivity contribution is 5.28. The molecule has 1 saturated heterocycles. The molecule has 2 aliphatic rings. The lowest BCUT2D eigenvalue weighted by molar-refractivity contribution is 0.534. The molecule has 1 aromatic rings. The summed E-state index contributed by atoms with van der Waals surface area (Å²) in [5, 5.41) is 6.44. The number of aryl methyl sites for hydroxylation is 2. The standard InChI is InChI=1S/C10H12.C4H10N2/c1-2-6-10-8-4-3-7-9(10)5-1;1-2-6-4-3-5-1/h1-2,5-6H,3-4,7-8H2;5-6H,1-4H2. The third-order valence-electron chi connectivity index (χ3n) is 3.22. The summed E-state index contributed by atoms with van der Waals surface area (Å²) in [6.45, 7) is 4.56. The van der Waals surface area contributed by atoms with Crippen LogP contribution in [-0.4, -0.2) is 26.2 Å².